The fourth-order valence-corrected chi connectivity index (χ4v) is 2.56. The highest BCUT2D eigenvalue weighted by Gasteiger charge is 2.28. The van der Waals surface area contributed by atoms with Gasteiger partial charge in [0, 0.05) is 24.6 Å². The van der Waals surface area contributed by atoms with Crippen molar-refractivity contribution in [3.05, 3.63) is 12.2 Å². The zero-order valence-electron chi connectivity index (χ0n) is 8.53. The van der Waals surface area contributed by atoms with E-state index in [1.807, 2.05) is 4.90 Å². The zero-order valence-corrected chi connectivity index (χ0v) is 9.35. The predicted molar refractivity (Wildman–Crippen MR) is 59.8 cm³/mol. The normalized spacial score (nSPS) is 23.4. The third kappa shape index (κ3) is 3.03. The Morgan fingerprint density at radius 2 is 2.43 bits per heavy atom. The summed E-state index contributed by atoms with van der Waals surface area (Å²) in [7, 11) is 0. The molecular weight excluding hydrogens is 198 g/mol. The van der Waals surface area contributed by atoms with E-state index in [4.69, 9.17) is 5.11 Å². The summed E-state index contributed by atoms with van der Waals surface area (Å²) >= 11 is 1.72. The average molecular weight is 215 g/mol. The molecule has 0 aromatic heterocycles. The van der Waals surface area contributed by atoms with Crippen LogP contribution in [0.3, 0.4) is 0 Å². The topological polar surface area (TPSA) is 40.5 Å². The molecule has 0 aliphatic carbocycles. The van der Waals surface area contributed by atoms with Crippen molar-refractivity contribution < 1.29 is 9.90 Å². The second-order valence-electron chi connectivity index (χ2n) is 3.50. The molecule has 1 aliphatic heterocycles. The van der Waals surface area contributed by atoms with Crippen LogP contribution < -0.4 is 0 Å². The van der Waals surface area contributed by atoms with Gasteiger partial charge in [-0.15, -0.1) is 0 Å². The molecule has 1 fully saturated rings. The molecule has 14 heavy (non-hydrogen) atoms. The first-order valence-electron chi connectivity index (χ1n) is 4.86. The van der Waals surface area contributed by atoms with Gasteiger partial charge in [-0.25, -0.2) is 0 Å². The summed E-state index contributed by atoms with van der Waals surface area (Å²) in [5.41, 5.74) is 1.11. The second kappa shape index (κ2) is 5.41. The Hall–Kier alpha value is -0.480. The SMILES string of the molecule is C=C(CC)CN1CCSCC1C(=O)O. The van der Waals surface area contributed by atoms with Gasteiger partial charge in [-0.1, -0.05) is 19.1 Å². The highest BCUT2D eigenvalue weighted by molar-refractivity contribution is 7.99. The zero-order chi connectivity index (χ0) is 10.6. The Balaban J connectivity index is 2.54. The third-order valence-electron chi connectivity index (χ3n) is 2.45. The molecule has 0 amide bonds. The molecule has 0 saturated carbocycles. The smallest absolute Gasteiger partial charge is 0.321 e. The Kier molecular flexibility index (Phi) is 4.48. The van der Waals surface area contributed by atoms with E-state index in [1.165, 1.54) is 0 Å². The first kappa shape index (κ1) is 11.6. The molecule has 1 N–H and O–H groups in total. The van der Waals surface area contributed by atoms with Crippen molar-refractivity contribution in [3.8, 4) is 0 Å². The minimum absolute atomic E-state index is 0.322. The van der Waals surface area contributed by atoms with Crippen LogP contribution in [0.2, 0.25) is 0 Å². The van der Waals surface area contributed by atoms with Crippen LogP contribution in [0.1, 0.15) is 13.3 Å². The molecule has 1 aliphatic rings. The van der Waals surface area contributed by atoms with Crippen molar-refractivity contribution >= 4 is 17.7 Å². The van der Waals surface area contributed by atoms with Crippen LogP contribution in [-0.2, 0) is 4.79 Å². The third-order valence-corrected chi connectivity index (χ3v) is 3.47. The Morgan fingerprint density at radius 1 is 1.71 bits per heavy atom. The maximum atomic E-state index is 10.9. The first-order chi connectivity index (χ1) is 6.65. The lowest BCUT2D eigenvalue weighted by molar-refractivity contribution is -0.142. The van der Waals surface area contributed by atoms with Crippen molar-refractivity contribution in [3.63, 3.8) is 0 Å². The number of carbonyl (C=O) groups is 1. The van der Waals surface area contributed by atoms with Crippen LogP contribution >= 0.6 is 11.8 Å². The number of aliphatic carboxylic acids is 1. The van der Waals surface area contributed by atoms with Crippen molar-refractivity contribution in [2.75, 3.05) is 24.6 Å². The van der Waals surface area contributed by atoms with Crippen molar-refractivity contribution in [2.24, 2.45) is 0 Å². The molecule has 80 valence electrons. The highest BCUT2D eigenvalue weighted by atomic mass is 32.2. The Bertz CT molecular complexity index is 230. The Morgan fingerprint density at radius 3 is 3.00 bits per heavy atom. The number of hydrogen-bond acceptors (Lipinski definition) is 3. The minimum atomic E-state index is -0.707. The van der Waals surface area contributed by atoms with E-state index in [-0.39, 0.29) is 6.04 Å². The molecule has 0 bridgehead atoms. The summed E-state index contributed by atoms with van der Waals surface area (Å²) in [6.45, 7) is 7.56. The van der Waals surface area contributed by atoms with Gasteiger partial charge in [0.15, 0.2) is 0 Å². The van der Waals surface area contributed by atoms with Gasteiger partial charge < -0.3 is 5.11 Å². The summed E-state index contributed by atoms with van der Waals surface area (Å²) < 4.78 is 0. The fourth-order valence-electron chi connectivity index (χ4n) is 1.45. The molecule has 1 unspecified atom stereocenters. The molecule has 4 heteroatoms. The van der Waals surface area contributed by atoms with Gasteiger partial charge >= 0.3 is 5.97 Å². The van der Waals surface area contributed by atoms with Crippen molar-refractivity contribution in [2.45, 2.75) is 19.4 Å². The van der Waals surface area contributed by atoms with Gasteiger partial charge in [0.05, 0.1) is 0 Å². The molecule has 0 aromatic carbocycles. The van der Waals surface area contributed by atoms with Crippen molar-refractivity contribution in [1.82, 2.24) is 4.90 Å². The molecule has 1 atom stereocenters. The molecule has 0 aromatic rings. The lowest BCUT2D eigenvalue weighted by atomic mass is 10.2. The number of carboxylic acid groups (broad SMARTS) is 1. The number of rotatable bonds is 4. The first-order valence-corrected chi connectivity index (χ1v) is 6.02. The molecule has 0 radical (unpaired) electrons. The Labute approximate surface area is 89.2 Å². The van der Waals surface area contributed by atoms with Crippen LogP contribution in [0.25, 0.3) is 0 Å². The number of nitrogens with zero attached hydrogens (tertiary/aromatic N) is 1. The van der Waals surface area contributed by atoms with Gasteiger partial charge in [0.2, 0.25) is 0 Å². The van der Waals surface area contributed by atoms with Crippen LogP contribution in [0.5, 0.6) is 0 Å². The number of thioether (sulfide) groups is 1. The number of carboxylic acids is 1. The van der Waals surface area contributed by atoms with E-state index >= 15 is 0 Å². The van der Waals surface area contributed by atoms with Crippen LogP contribution in [0.4, 0.5) is 0 Å². The fraction of sp³-hybridized carbons (Fsp3) is 0.700. The monoisotopic (exact) mass is 215 g/mol. The maximum Gasteiger partial charge on any atom is 0.321 e. The predicted octanol–water partition coefficient (Wildman–Crippen LogP) is 1.45. The van der Waals surface area contributed by atoms with Gasteiger partial charge in [0.1, 0.15) is 6.04 Å². The van der Waals surface area contributed by atoms with Crippen molar-refractivity contribution in [1.29, 1.82) is 0 Å². The van der Waals surface area contributed by atoms with E-state index < -0.39 is 5.97 Å². The quantitative estimate of drug-likeness (QED) is 0.721. The van der Waals surface area contributed by atoms with Crippen LogP contribution in [0, 0.1) is 0 Å². The average Bonchev–Trinajstić information content (AvgIpc) is 2.18. The van der Waals surface area contributed by atoms with E-state index in [1.54, 1.807) is 11.8 Å². The molecule has 3 nitrogen and oxygen atoms in total. The molecular formula is C10H17NO2S. The summed E-state index contributed by atoms with van der Waals surface area (Å²) in [6.07, 6.45) is 0.927. The van der Waals surface area contributed by atoms with Crippen LogP contribution in [-0.4, -0.2) is 46.6 Å². The van der Waals surface area contributed by atoms with E-state index in [2.05, 4.69) is 13.5 Å². The van der Waals surface area contributed by atoms with Gasteiger partial charge in [-0.05, 0) is 6.42 Å². The lowest BCUT2D eigenvalue weighted by Crippen LogP contribution is -2.47. The second-order valence-corrected chi connectivity index (χ2v) is 4.65. The van der Waals surface area contributed by atoms with E-state index in [0.29, 0.717) is 5.75 Å². The summed E-state index contributed by atoms with van der Waals surface area (Å²) in [5, 5.41) is 9.01. The molecule has 0 spiro atoms. The van der Waals surface area contributed by atoms with Gasteiger partial charge in [0.25, 0.3) is 0 Å². The summed E-state index contributed by atoms with van der Waals surface area (Å²) in [4.78, 5) is 13.0. The largest absolute Gasteiger partial charge is 0.480 e. The molecule has 1 saturated heterocycles. The standard InChI is InChI=1S/C10H17NO2S/c1-3-8(2)6-11-4-5-14-7-9(11)10(12)13/h9H,2-7H2,1H3,(H,12,13). The van der Waals surface area contributed by atoms with Crippen LogP contribution in [0.15, 0.2) is 12.2 Å². The van der Waals surface area contributed by atoms with Gasteiger partial charge in [-0.2, -0.15) is 11.8 Å². The molecule has 1 heterocycles. The highest BCUT2D eigenvalue weighted by Crippen LogP contribution is 2.18. The van der Waals surface area contributed by atoms with E-state index in [9.17, 15) is 4.79 Å². The maximum absolute atomic E-state index is 10.9. The molecule has 1 rings (SSSR count). The lowest BCUT2D eigenvalue weighted by Gasteiger charge is -2.32. The number of hydrogen-bond donors (Lipinski definition) is 1. The minimum Gasteiger partial charge on any atom is -0.480 e. The van der Waals surface area contributed by atoms with Gasteiger partial charge in [-0.3, -0.25) is 9.69 Å². The summed E-state index contributed by atoms with van der Waals surface area (Å²) in [5.74, 6) is 1.02. The summed E-state index contributed by atoms with van der Waals surface area (Å²) in [6, 6.07) is -0.322. The van der Waals surface area contributed by atoms with E-state index in [0.717, 1.165) is 30.8 Å².